The molecular weight excluding hydrogens is 591 g/mol. The van der Waals surface area contributed by atoms with Gasteiger partial charge in [0.2, 0.25) is 15.9 Å². The molecule has 2 aromatic heterocycles. The van der Waals surface area contributed by atoms with Gasteiger partial charge in [0.1, 0.15) is 0 Å². The zero-order chi connectivity index (χ0) is 29.1. The van der Waals surface area contributed by atoms with Crippen LogP contribution in [0.25, 0.3) is 0 Å². The lowest BCUT2D eigenvalue weighted by Gasteiger charge is -2.32. The van der Waals surface area contributed by atoms with Gasteiger partial charge >= 0.3 is 6.18 Å². The molecule has 3 heterocycles. The van der Waals surface area contributed by atoms with Gasteiger partial charge in [0, 0.05) is 25.3 Å². The summed E-state index contributed by atoms with van der Waals surface area (Å²) in [7, 11) is -5.32. The van der Waals surface area contributed by atoms with Crippen molar-refractivity contribution in [1.29, 1.82) is 0 Å². The van der Waals surface area contributed by atoms with E-state index in [4.69, 9.17) is 5.14 Å². The van der Waals surface area contributed by atoms with E-state index in [2.05, 4.69) is 20.4 Å². The van der Waals surface area contributed by atoms with Crippen LogP contribution in [0.2, 0.25) is 0 Å². The largest absolute Gasteiger partial charge is 0.416 e. The molecule has 40 heavy (non-hydrogen) atoms. The minimum absolute atomic E-state index is 0.00535. The lowest BCUT2D eigenvalue weighted by atomic mass is 9.94. The van der Waals surface area contributed by atoms with Crippen molar-refractivity contribution in [3.63, 3.8) is 0 Å². The fraction of sp³-hybridized carbons (Fsp3) is 0.522. The van der Waals surface area contributed by atoms with Crippen LogP contribution in [-0.4, -0.2) is 67.5 Å². The molecule has 1 saturated heterocycles. The molecule has 4 rings (SSSR count). The minimum Gasteiger partial charge on any atom is -0.343 e. The molecule has 0 aliphatic carbocycles. The second-order valence-electron chi connectivity index (χ2n) is 9.50. The van der Waals surface area contributed by atoms with E-state index in [0.29, 0.717) is 42.2 Å². The normalized spacial score (nSPS) is 15.9. The number of primary sulfonamides is 1. The third-order valence-corrected chi connectivity index (χ3v) is 10.7. The number of likely N-dealkylation sites (tertiary alicyclic amines) is 1. The second kappa shape index (κ2) is 12.4. The number of aryl methyl sites for hydroxylation is 2. The summed E-state index contributed by atoms with van der Waals surface area (Å²) in [5, 5.41) is 16.7. The highest BCUT2D eigenvalue weighted by molar-refractivity contribution is 7.92. The topological polar surface area (TPSA) is 154 Å². The molecule has 0 unspecified atom stereocenters. The van der Waals surface area contributed by atoms with Gasteiger partial charge in [-0.1, -0.05) is 17.4 Å². The molecule has 1 fully saturated rings. The molecule has 1 amide bonds. The van der Waals surface area contributed by atoms with Crippen molar-refractivity contribution in [3.05, 3.63) is 46.9 Å². The molecule has 2 N–H and O–H groups in total. The Hall–Kier alpha value is -2.76. The Morgan fingerprint density at radius 1 is 1.23 bits per heavy atom. The number of tetrazole rings is 1. The summed E-state index contributed by atoms with van der Waals surface area (Å²) in [4.78, 5) is 19.8. The number of hydrogen-bond acceptors (Lipinski definition) is 9. The van der Waals surface area contributed by atoms with Gasteiger partial charge in [0.05, 0.1) is 29.1 Å². The van der Waals surface area contributed by atoms with Crippen molar-refractivity contribution < 1.29 is 30.6 Å². The van der Waals surface area contributed by atoms with Crippen LogP contribution in [0, 0.1) is 12.8 Å². The summed E-state index contributed by atoms with van der Waals surface area (Å²) in [6, 6.07) is 3.48. The van der Waals surface area contributed by atoms with Crippen LogP contribution in [0.1, 0.15) is 48.2 Å². The van der Waals surface area contributed by atoms with E-state index >= 15 is 0 Å². The Bertz CT molecular complexity index is 1480. The molecule has 1 aliphatic heterocycles. The Morgan fingerprint density at radius 2 is 1.95 bits per heavy atom. The Balaban J connectivity index is 1.28. The zero-order valence-electron chi connectivity index (χ0n) is 21.5. The monoisotopic (exact) mass is 619 g/mol. The number of benzene rings is 1. The third kappa shape index (κ3) is 7.92. The maximum absolute atomic E-state index is 13.3. The molecule has 0 bridgehead atoms. The van der Waals surface area contributed by atoms with E-state index in [-0.39, 0.29) is 39.8 Å². The number of halogens is 3. The fourth-order valence-electron chi connectivity index (χ4n) is 4.45. The summed E-state index contributed by atoms with van der Waals surface area (Å²) < 4.78 is 75.3. The number of carbonyl (C=O) groups is 1. The second-order valence-corrected chi connectivity index (χ2v) is 14.1. The van der Waals surface area contributed by atoms with Gasteiger partial charge in [0.25, 0.3) is 0 Å². The Kier molecular flexibility index (Phi) is 9.36. The summed E-state index contributed by atoms with van der Waals surface area (Å²) in [6.07, 6.45) is -0.875. The van der Waals surface area contributed by atoms with Gasteiger partial charge in [-0.3, -0.25) is 9.00 Å². The van der Waals surface area contributed by atoms with Gasteiger partial charge in [0.15, 0.2) is 14.4 Å². The maximum Gasteiger partial charge on any atom is 0.416 e. The first kappa shape index (κ1) is 30.2. The number of alkyl halides is 3. The highest BCUT2D eigenvalue weighted by atomic mass is 32.3. The number of thiazole rings is 1. The first-order chi connectivity index (χ1) is 18.8. The first-order valence-corrected chi connectivity index (χ1v) is 16.1. The van der Waals surface area contributed by atoms with E-state index in [9.17, 15) is 30.6 Å². The molecule has 3 aromatic rings. The van der Waals surface area contributed by atoms with E-state index in [1.54, 1.807) is 11.8 Å². The maximum atomic E-state index is 13.3. The predicted molar refractivity (Wildman–Crippen MR) is 140 cm³/mol. The number of hydrogen-bond donors (Lipinski definition) is 1. The van der Waals surface area contributed by atoms with Crippen LogP contribution < -0.4 is 5.14 Å². The molecule has 1 atom stereocenters. The van der Waals surface area contributed by atoms with E-state index in [1.807, 2.05) is 0 Å². The number of carbonyl (C=O) groups excluding carboxylic acids is 1. The minimum atomic E-state index is -4.50. The molecule has 0 spiro atoms. The quantitative estimate of drug-likeness (QED) is 0.363. The first-order valence-electron chi connectivity index (χ1n) is 12.4. The van der Waals surface area contributed by atoms with Crippen molar-refractivity contribution in [1.82, 2.24) is 30.1 Å². The van der Waals surface area contributed by atoms with Gasteiger partial charge in [-0.25, -0.2) is 18.5 Å². The molecule has 17 heteroatoms. The van der Waals surface area contributed by atoms with E-state index in [0.717, 1.165) is 42.5 Å². The average Bonchev–Trinajstić information content (AvgIpc) is 3.55. The van der Waals surface area contributed by atoms with Crippen LogP contribution in [-0.2, 0) is 44.8 Å². The Labute approximate surface area is 235 Å². The van der Waals surface area contributed by atoms with Crippen molar-refractivity contribution in [2.45, 2.75) is 60.3 Å². The lowest BCUT2D eigenvalue weighted by molar-refractivity contribution is -0.137. The number of amides is 1. The summed E-state index contributed by atoms with van der Waals surface area (Å²) in [6.45, 7) is 2.70. The highest BCUT2D eigenvalue weighted by Crippen LogP contribution is 2.31. The van der Waals surface area contributed by atoms with Gasteiger partial charge in [-0.2, -0.15) is 18.0 Å². The van der Waals surface area contributed by atoms with E-state index < -0.39 is 32.6 Å². The number of piperidine rings is 1. The molecule has 1 aromatic carbocycles. The van der Waals surface area contributed by atoms with Crippen LogP contribution in [0.5, 0.6) is 0 Å². The Morgan fingerprint density at radius 3 is 2.55 bits per heavy atom. The number of sulfonamides is 1. The van der Waals surface area contributed by atoms with Gasteiger partial charge in [-0.15, -0.1) is 10.2 Å². The summed E-state index contributed by atoms with van der Waals surface area (Å²) in [5.41, 5.74) is 0.210. The fourth-order valence-corrected chi connectivity index (χ4v) is 7.67. The molecule has 11 nitrogen and oxygen atoms in total. The van der Waals surface area contributed by atoms with Crippen molar-refractivity contribution in [3.8, 4) is 0 Å². The molecule has 0 saturated carbocycles. The van der Waals surface area contributed by atoms with Crippen molar-refractivity contribution in [2.75, 3.05) is 18.8 Å². The van der Waals surface area contributed by atoms with Crippen LogP contribution in [0.3, 0.4) is 0 Å². The van der Waals surface area contributed by atoms with Gasteiger partial charge in [-0.05, 0) is 67.0 Å². The SMILES string of the molecule is Cc1nnn(Cc2cc(C(F)(F)F)ccc2CCC(=O)N2CCC(CC[S@@](=O)c3ncc(S(N)(=O)=O)s3)CC2)n1. The number of nitrogens with two attached hydrogens (primary N) is 1. The van der Waals surface area contributed by atoms with Gasteiger partial charge < -0.3 is 4.90 Å². The van der Waals surface area contributed by atoms with Crippen LogP contribution >= 0.6 is 11.3 Å². The summed E-state index contributed by atoms with van der Waals surface area (Å²) >= 11 is 0.802. The highest BCUT2D eigenvalue weighted by Gasteiger charge is 2.31. The average molecular weight is 620 g/mol. The third-order valence-electron chi connectivity index (χ3n) is 6.62. The van der Waals surface area contributed by atoms with Crippen LogP contribution in [0.15, 0.2) is 32.9 Å². The molecule has 0 radical (unpaired) electrons. The lowest BCUT2D eigenvalue weighted by Crippen LogP contribution is -2.38. The number of rotatable bonds is 10. The number of aromatic nitrogens is 5. The zero-order valence-corrected chi connectivity index (χ0v) is 24.0. The van der Waals surface area contributed by atoms with Crippen molar-refractivity contribution in [2.24, 2.45) is 11.1 Å². The number of nitrogens with zero attached hydrogens (tertiary/aromatic N) is 6. The molecular formula is C23H28F3N7O4S3. The standard InChI is InChI=1S/C23H28F3N7O4S3/c1-15-29-31-33(30-15)14-18-12-19(23(24,25)26)4-2-17(18)3-5-20(34)32-9-6-16(7-10-32)8-11-39(35)22-28-13-21(38-22)40(27,36)37/h2,4,12-13,16H,3,5-11,14H2,1H3,(H2,27,36,37)/t39-/m1/s1. The predicted octanol–water partition coefficient (Wildman–Crippen LogP) is 2.52. The molecule has 1 aliphatic rings. The van der Waals surface area contributed by atoms with E-state index in [1.165, 1.54) is 10.9 Å². The smallest absolute Gasteiger partial charge is 0.343 e. The van der Waals surface area contributed by atoms with Crippen LogP contribution in [0.4, 0.5) is 13.2 Å². The molecule has 218 valence electrons. The van der Waals surface area contributed by atoms with Crippen molar-refractivity contribution >= 4 is 38.1 Å². The summed E-state index contributed by atoms with van der Waals surface area (Å²) in [5.74, 6) is 0.900.